The summed E-state index contributed by atoms with van der Waals surface area (Å²) in [6.45, 7) is 1.38. The molecule has 0 aliphatic heterocycles. The van der Waals surface area contributed by atoms with Crippen molar-refractivity contribution in [3.05, 3.63) is 35.9 Å². The van der Waals surface area contributed by atoms with Crippen molar-refractivity contribution in [2.75, 3.05) is 7.11 Å². The number of carbonyl (C=O) groups is 2. The van der Waals surface area contributed by atoms with Gasteiger partial charge in [0.25, 0.3) is 0 Å². The summed E-state index contributed by atoms with van der Waals surface area (Å²) in [5, 5.41) is 0. The predicted octanol–water partition coefficient (Wildman–Crippen LogP) is 2.50. The van der Waals surface area contributed by atoms with Crippen LogP contribution in [-0.2, 0) is 25.5 Å². The van der Waals surface area contributed by atoms with Crippen molar-refractivity contribution in [1.82, 2.24) is 0 Å². The molecule has 0 aromatic heterocycles. The lowest BCUT2D eigenvalue weighted by molar-refractivity contribution is -0.167. The van der Waals surface area contributed by atoms with Gasteiger partial charge in [-0.1, -0.05) is 30.3 Å². The SMILES string of the molecule is COC(=O)C1(Cc2ccccc2)CCCC1OC(C)=O. The normalized spacial score (nSPS) is 25.2. The molecule has 2 rings (SSSR count). The minimum absolute atomic E-state index is 0.287. The third kappa shape index (κ3) is 2.84. The van der Waals surface area contributed by atoms with Crippen LogP contribution >= 0.6 is 0 Å². The molecule has 2 atom stereocenters. The molecule has 2 unspecified atom stereocenters. The summed E-state index contributed by atoms with van der Waals surface area (Å²) in [5.74, 6) is -0.636. The second-order valence-electron chi connectivity index (χ2n) is 5.30. The summed E-state index contributed by atoms with van der Waals surface area (Å²) in [4.78, 5) is 23.6. The van der Waals surface area contributed by atoms with E-state index in [2.05, 4.69) is 0 Å². The number of ether oxygens (including phenoxy) is 2. The fourth-order valence-electron chi connectivity index (χ4n) is 3.08. The molecule has 1 aliphatic rings. The third-order valence-corrected chi connectivity index (χ3v) is 3.97. The molecule has 1 aromatic carbocycles. The zero-order valence-electron chi connectivity index (χ0n) is 11.9. The Morgan fingerprint density at radius 1 is 1.30 bits per heavy atom. The van der Waals surface area contributed by atoms with Gasteiger partial charge in [0.15, 0.2) is 0 Å². The summed E-state index contributed by atoms with van der Waals surface area (Å²) in [7, 11) is 1.39. The van der Waals surface area contributed by atoms with Crippen molar-refractivity contribution < 1.29 is 19.1 Å². The first-order valence-corrected chi connectivity index (χ1v) is 6.88. The topological polar surface area (TPSA) is 52.6 Å². The van der Waals surface area contributed by atoms with Gasteiger partial charge >= 0.3 is 11.9 Å². The molecule has 0 spiro atoms. The van der Waals surface area contributed by atoms with Gasteiger partial charge in [-0.2, -0.15) is 0 Å². The number of benzene rings is 1. The van der Waals surface area contributed by atoms with E-state index in [0.29, 0.717) is 19.3 Å². The van der Waals surface area contributed by atoms with Gasteiger partial charge in [0.05, 0.1) is 7.11 Å². The molecule has 4 heteroatoms. The maximum absolute atomic E-state index is 12.3. The highest BCUT2D eigenvalue weighted by Gasteiger charge is 2.52. The number of hydrogen-bond donors (Lipinski definition) is 0. The minimum atomic E-state index is -0.748. The maximum Gasteiger partial charge on any atom is 0.315 e. The van der Waals surface area contributed by atoms with Gasteiger partial charge in [-0.25, -0.2) is 0 Å². The van der Waals surface area contributed by atoms with E-state index in [1.54, 1.807) is 0 Å². The molecule has 1 aliphatic carbocycles. The fourth-order valence-corrected chi connectivity index (χ4v) is 3.08. The Morgan fingerprint density at radius 2 is 2.00 bits per heavy atom. The highest BCUT2D eigenvalue weighted by atomic mass is 16.6. The molecule has 1 saturated carbocycles. The van der Waals surface area contributed by atoms with Crippen molar-refractivity contribution in [3.63, 3.8) is 0 Å². The highest BCUT2D eigenvalue weighted by molar-refractivity contribution is 5.79. The lowest BCUT2D eigenvalue weighted by atomic mass is 9.78. The molecule has 0 heterocycles. The van der Waals surface area contributed by atoms with Crippen molar-refractivity contribution in [2.24, 2.45) is 5.41 Å². The Bertz CT molecular complexity index is 483. The Kier molecular flexibility index (Phi) is 4.42. The van der Waals surface area contributed by atoms with E-state index in [1.807, 2.05) is 30.3 Å². The Labute approximate surface area is 119 Å². The van der Waals surface area contributed by atoms with Crippen molar-refractivity contribution in [3.8, 4) is 0 Å². The molecule has 0 amide bonds. The van der Waals surface area contributed by atoms with Crippen LogP contribution in [0.2, 0.25) is 0 Å². The van der Waals surface area contributed by atoms with Crippen LogP contribution in [0.3, 0.4) is 0 Å². The standard InChI is InChI=1S/C16H20O4/c1-12(17)20-14-9-6-10-16(14,15(18)19-2)11-13-7-4-3-5-8-13/h3-5,7-8,14H,6,9-11H2,1-2H3. The van der Waals surface area contributed by atoms with Crippen LogP contribution in [0.1, 0.15) is 31.7 Å². The largest absolute Gasteiger partial charge is 0.468 e. The quantitative estimate of drug-likeness (QED) is 0.793. The van der Waals surface area contributed by atoms with E-state index in [0.717, 1.165) is 12.0 Å². The molecular formula is C16H20O4. The molecule has 0 bridgehead atoms. The zero-order chi connectivity index (χ0) is 14.6. The Morgan fingerprint density at radius 3 is 2.60 bits per heavy atom. The van der Waals surface area contributed by atoms with Gasteiger partial charge < -0.3 is 9.47 Å². The van der Waals surface area contributed by atoms with Crippen LogP contribution in [0.4, 0.5) is 0 Å². The second kappa shape index (κ2) is 6.07. The van der Waals surface area contributed by atoms with E-state index in [-0.39, 0.29) is 11.9 Å². The van der Waals surface area contributed by atoms with Gasteiger partial charge in [-0.15, -0.1) is 0 Å². The molecule has 0 radical (unpaired) electrons. The van der Waals surface area contributed by atoms with E-state index in [9.17, 15) is 9.59 Å². The maximum atomic E-state index is 12.3. The number of esters is 2. The first-order valence-electron chi connectivity index (χ1n) is 6.88. The predicted molar refractivity (Wildman–Crippen MR) is 74.0 cm³/mol. The number of hydrogen-bond acceptors (Lipinski definition) is 4. The monoisotopic (exact) mass is 276 g/mol. The van der Waals surface area contributed by atoms with E-state index < -0.39 is 11.5 Å². The van der Waals surface area contributed by atoms with Crippen LogP contribution in [0.5, 0.6) is 0 Å². The average molecular weight is 276 g/mol. The van der Waals surface area contributed by atoms with Crippen molar-refractivity contribution in [1.29, 1.82) is 0 Å². The number of methoxy groups -OCH3 is 1. The highest BCUT2D eigenvalue weighted by Crippen LogP contribution is 2.44. The van der Waals surface area contributed by atoms with Gasteiger partial charge in [0, 0.05) is 6.92 Å². The van der Waals surface area contributed by atoms with Crippen molar-refractivity contribution in [2.45, 2.75) is 38.7 Å². The Balaban J connectivity index is 2.30. The van der Waals surface area contributed by atoms with Gasteiger partial charge in [0.1, 0.15) is 11.5 Å². The van der Waals surface area contributed by atoms with E-state index in [1.165, 1.54) is 14.0 Å². The van der Waals surface area contributed by atoms with Gasteiger partial charge in [0.2, 0.25) is 0 Å². The van der Waals surface area contributed by atoms with Crippen LogP contribution < -0.4 is 0 Å². The third-order valence-electron chi connectivity index (χ3n) is 3.97. The number of rotatable bonds is 4. The fraction of sp³-hybridized carbons (Fsp3) is 0.500. The van der Waals surface area contributed by atoms with Crippen LogP contribution in [0.15, 0.2) is 30.3 Å². The Hall–Kier alpha value is -1.84. The molecular weight excluding hydrogens is 256 g/mol. The van der Waals surface area contributed by atoms with Gasteiger partial charge in [-0.05, 0) is 31.2 Å². The van der Waals surface area contributed by atoms with Crippen LogP contribution in [0.25, 0.3) is 0 Å². The van der Waals surface area contributed by atoms with E-state index in [4.69, 9.17) is 9.47 Å². The molecule has 1 fully saturated rings. The first kappa shape index (κ1) is 14.6. The summed E-state index contributed by atoms with van der Waals surface area (Å²) in [6, 6.07) is 9.78. The minimum Gasteiger partial charge on any atom is -0.468 e. The van der Waals surface area contributed by atoms with Crippen LogP contribution in [0, 0.1) is 5.41 Å². The lowest BCUT2D eigenvalue weighted by Crippen LogP contribution is -2.43. The summed E-state index contributed by atoms with van der Waals surface area (Å²) in [6.07, 6.45) is 2.40. The molecule has 0 N–H and O–H groups in total. The van der Waals surface area contributed by atoms with E-state index >= 15 is 0 Å². The summed E-state index contributed by atoms with van der Waals surface area (Å²) in [5.41, 5.74) is 0.304. The zero-order valence-corrected chi connectivity index (χ0v) is 11.9. The summed E-state index contributed by atoms with van der Waals surface area (Å²) < 4.78 is 10.4. The molecule has 20 heavy (non-hydrogen) atoms. The average Bonchev–Trinajstić information content (AvgIpc) is 2.82. The number of carbonyl (C=O) groups excluding carboxylic acids is 2. The first-order chi connectivity index (χ1) is 9.58. The molecule has 4 nitrogen and oxygen atoms in total. The molecule has 108 valence electrons. The molecule has 0 saturated heterocycles. The lowest BCUT2D eigenvalue weighted by Gasteiger charge is -2.32. The smallest absolute Gasteiger partial charge is 0.315 e. The summed E-state index contributed by atoms with van der Waals surface area (Å²) >= 11 is 0. The molecule has 1 aromatic rings. The van der Waals surface area contributed by atoms with Crippen molar-refractivity contribution >= 4 is 11.9 Å². The second-order valence-corrected chi connectivity index (χ2v) is 5.30. The van der Waals surface area contributed by atoms with Gasteiger partial charge in [-0.3, -0.25) is 9.59 Å². The van der Waals surface area contributed by atoms with Crippen LogP contribution in [-0.4, -0.2) is 25.2 Å².